The van der Waals surface area contributed by atoms with Crippen molar-refractivity contribution < 1.29 is 4.79 Å². The summed E-state index contributed by atoms with van der Waals surface area (Å²) in [6.45, 7) is 2.01. The first-order chi connectivity index (χ1) is 15.7. The molecule has 0 saturated carbocycles. The van der Waals surface area contributed by atoms with Gasteiger partial charge in [-0.2, -0.15) is 0 Å². The predicted molar refractivity (Wildman–Crippen MR) is 130 cm³/mol. The van der Waals surface area contributed by atoms with Gasteiger partial charge in [-0.05, 0) is 79.6 Å². The van der Waals surface area contributed by atoms with E-state index in [2.05, 4.69) is 58.4 Å². The maximum atomic E-state index is 12.8. The first kappa shape index (κ1) is 20.3. The molecular weight excluding hydrogens is 392 g/mol. The van der Waals surface area contributed by atoms with Crippen LogP contribution in [0.2, 0.25) is 0 Å². The van der Waals surface area contributed by atoms with Gasteiger partial charge in [-0.25, -0.2) is 0 Å². The van der Waals surface area contributed by atoms with Crippen molar-refractivity contribution in [1.29, 1.82) is 0 Å². The van der Waals surface area contributed by atoms with Crippen LogP contribution in [0.15, 0.2) is 91.0 Å². The lowest BCUT2D eigenvalue weighted by Crippen LogP contribution is -2.26. The molecule has 0 spiro atoms. The summed E-state index contributed by atoms with van der Waals surface area (Å²) in [7, 11) is 0. The Labute approximate surface area is 189 Å². The zero-order valence-corrected chi connectivity index (χ0v) is 18.4. The molecule has 1 aromatic heterocycles. The molecule has 3 heteroatoms. The summed E-state index contributed by atoms with van der Waals surface area (Å²) in [5.74, 6) is -0.0503. The van der Waals surface area contributed by atoms with E-state index in [4.69, 9.17) is 0 Å². The summed E-state index contributed by atoms with van der Waals surface area (Å²) in [5.41, 5.74) is 8.20. The molecule has 160 valence electrons. The number of hydrogen-bond acceptors (Lipinski definition) is 1. The molecule has 1 aliphatic carbocycles. The van der Waals surface area contributed by atoms with Crippen LogP contribution >= 0.6 is 0 Å². The van der Waals surface area contributed by atoms with Gasteiger partial charge in [0.1, 0.15) is 0 Å². The predicted octanol–water partition coefficient (Wildman–Crippen LogP) is 6.51. The number of aromatic nitrogens is 1. The molecule has 4 aromatic rings. The van der Waals surface area contributed by atoms with Crippen LogP contribution in [0.3, 0.4) is 0 Å². The molecule has 1 N–H and O–H groups in total. The fourth-order valence-electron chi connectivity index (χ4n) is 4.68. The van der Waals surface area contributed by atoms with Crippen molar-refractivity contribution in [1.82, 2.24) is 9.88 Å². The topological polar surface area (TPSA) is 34.0 Å². The highest BCUT2D eigenvalue weighted by atomic mass is 16.1. The second kappa shape index (κ2) is 8.88. The lowest BCUT2D eigenvalue weighted by atomic mass is 9.98. The van der Waals surface area contributed by atoms with Crippen molar-refractivity contribution >= 4 is 5.91 Å². The third-order valence-electron chi connectivity index (χ3n) is 6.41. The molecule has 0 radical (unpaired) electrons. The fraction of sp³-hybridized carbons (Fsp3) is 0.207. The van der Waals surface area contributed by atoms with Crippen molar-refractivity contribution in [3.8, 4) is 16.9 Å². The zero-order chi connectivity index (χ0) is 21.9. The van der Waals surface area contributed by atoms with Crippen LogP contribution < -0.4 is 5.32 Å². The van der Waals surface area contributed by atoms with Crippen LogP contribution in [0.1, 0.15) is 53.0 Å². The molecule has 1 amide bonds. The van der Waals surface area contributed by atoms with Crippen molar-refractivity contribution in [3.05, 3.63) is 113 Å². The quantitative estimate of drug-likeness (QED) is 0.392. The van der Waals surface area contributed by atoms with Gasteiger partial charge in [0.05, 0.1) is 11.7 Å². The lowest BCUT2D eigenvalue weighted by Gasteiger charge is -2.18. The Morgan fingerprint density at radius 1 is 0.844 bits per heavy atom. The monoisotopic (exact) mass is 420 g/mol. The van der Waals surface area contributed by atoms with Gasteiger partial charge in [-0.15, -0.1) is 0 Å². The Morgan fingerprint density at radius 3 is 2.22 bits per heavy atom. The standard InChI is InChI=1S/C29H28N2O/c1-21(22-10-4-2-5-11-22)30-29(32)24-16-18-26(19-17-24)31-27-15-9-8-14-25(27)20-28(31)23-12-6-3-7-13-23/h2-7,10-13,16-21H,8-9,14-15H2,1H3,(H,30,32). The Balaban J connectivity index is 1.44. The number of carbonyl (C=O) groups is 1. The van der Waals surface area contributed by atoms with Gasteiger partial charge >= 0.3 is 0 Å². The van der Waals surface area contributed by atoms with E-state index in [-0.39, 0.29) is 11.9 Å². The molecule has 3 nitrogen and oxygen atoms in total. The summed E-state index contributed by atoms with van der Waals surface area (Å²) < 4.78 is 2.39. The van der Waals surface area contributed by atoms with E-state index in [1.165, 1.54) is 35.4 Å². The number of rotatable bonds is 5. The minimum atomic E-state index is -0.0503. The molecule has 0 bridgehead atoms. The molecule has 1 unspecified atom stereocenters. The molecule has 0 aliphatic heterocycles. The third-order valence-corrected chi connectivity index (χ3v) is 6.41. The Hall–Kier alpha value is -3.59. The maximum Gasteiger partial charge on any atom is 0.251 e. The van der Waals surface area contributed by atoms with E-state index in [1.807, 2.05) is 49.4 Å². The number of hydrogen-bond donors (Lipinski definition) is 1. The van der Waals surface area contributed by atoms with Gasteiger partial charge in [-0.1, -0.05) is 60.7 Å². The van der Waals surface area contributed by atoms with E-state index < -0.39 is 0 Å². The number of nitrogens with one attached hydrogen (secondary N) is 1. The fourth-order valence-corrected chi connectivity index (χ4v) is 4.68. The second-order valence-corrected chi connectivity index (χ2v) is 8.56. The van der Waals surface area contributed by atoms with Gasteiger partial charge in [0.25, 0.3) is 5.91 Å². The van der Waals surface area contributed by atoms with Crippen LogP contribution in [0.5, 0.6) is 0 Å². The first-order valence-corrected chi connectivity index (χ1v) is 11.5. The van der Waals surface area contributed by atoms with E-state index in [9.17, 15) is 4.79 Å². The molecule has 1 atom stereocenters. The van der Waals surface area contributed by atoms with Crippen LogP contribution in [0.4, 0.5) is 0 Å². The van der Waals surface area contributed by atoms with Crippen molar-refractivity contribution in [3.63, 3.8) is 0 Å². The Morgan fingerprint density at radius 2 is 1.50 bits per heavy atom. The zero-order valence-electron chi connectivity index (χ0n) is 18.4. The lowest BCUT2D eigenvalue weighted by molar-refractivity contribution is 0.0940. The minimum Gasteiger partial charge on any atom is -0.346 e. The van der Waals surface area contributed by atoms with Crippen LogP contribution in [-0.2, 0) is 12.8 Å². The molecule has 0 saturated heterocycles. The van der Waals surface area contributed by atoms with Crippen LogP contribution in [0.25, 0.3) is 16.9 Å². The van der Waals surface area contributed by atoms with E-state index in [1.54, 1.807) is 0 Å². The molecule has 1 heterocycles. The highest BCUT2D eigenvalue weighted by Crippen LogP contribution is 2.34. The van der Waals surface area contributed by atoms with Crippen LogP contribution in [-0.4, -0.2) is 10.5 Å². The van der Waals surface area contributed by atoms with Crippen molar-refractivity contribution in [2.75, 3.05) is 0 Å². The molecule has 1 aliphatic rings. The van der Waals surface area contributed by atoms with Gasteiger partial charge in [0, 0.05) is 16.9 Å². The number of aryl methyl sites for hydroxylation is 1. The molecular formula is C29H28N2O. The summed E-state index contributed by atoms with van der Waals surface area (Å²) in [6, 6.07) is 31.0. The van der Waals surface area contributed by atoms with Gasteiger partial charge in [-0.3, -0.25) is 4.79 Å². The van der Waals surface area contributed by atoms with Crippen molar-refractivity contribution in [2.45, 2.75) is 38.6 Å². The Bertz CT molecular complexity index is 1210. The number of carbonyl (C=O) groups excluding carboxylic acids is 1. The largest absolute Gasteiger partial charge is 0.346 e. The summed E-state index contributed by atoms with van der Waals surface area (Å²) in [6.07, 6.45) is 4.71. The summed E-state index contributed by atoms with van der Waals surface area (Å²) in [5, 5.41) is 3.11. The third kappa shape index (κ3) is 3.99. The van der Waals surface area contributed by atoms with Gasteiger partial charge in [0.2, 0.25) is 0 Å². The molecule has 32 heavy (non-hydrogen) atoms. The highest BCUT2D eigenvalue weighted by Gasteiger charge is 2.20. The van der Waals surface area contributed by atoms with Gasteiger partial charge in [0.15, 0.2) is 0 Å². The summed E-state index contributed by atoms with van der Waals surface area (Å²) >= 11 is 0. The smallest absolute Gasteiger partial charge is 0.251 e. The normalized spacial score (nSPS) is 13.9. The first-order valence-electron chi connectivity index (χ1n) is 11.5. The summed E-state index contributed by atoms with van der Waals surface area (Å²) in [4.78, 5) is 12.8. The van der Waals surface area contributed by atoms with E-state index in [0.717, 1.165) is 24.1 Å². The number of nitrogens with zero attached hydrogens (tertiary/aromatic N) is 1. The SMILES string of the molecule is CC(NC(=O)c1ccc(-n2c(-c3ccccc3)cc3c2CCCC3)cc1)c1ccccc1. The number of amides is 1. The maximum absolute atomic E-state index is 12.8. The van der Waals surface area contributed by atoms with Crippen LogP contribution in [0, 0.1) is 0 Å². The van der Waals surface area contributed by atoms with Crippen molar-refractivity contribution in [2.24, 2.45) is 0 Å². The molecule has 0 fully saturated rings. The minimum absolute atomic E-state index is 0.0375. The van der Waals surface area contributed by atoms with Gasteiger partial charge < -0.3 is 9.88 Å². The van der Waals surface area contributed by atoms with E-state index in [0.29, 0.717) is 5.56 Å². The van der Waals surface area contributed by atoms with E-state index >= 15 is 0 Å². The highest BCUT2D eigenvalue weighted by molar-refractivity contribution is 5.94. The molecule has 5 rings (SSSR count). The Kier molecular flexibility index (Phi) is 5.64. The second-order valence-electron chi connectivity index (χ2n) is 8.56. The average Bonchev–Trinajstić information content (AvgIpc) is 3.25. The average molecular weight is 421 g/mol. The molecule has 3 aromatic carbocycles. The number of fused-ring (bicyclic) bond motifs is 1. The number of benzene rings is 3.